The summed E-state index contributed by atoms with van der Waals surface area (Å²) in [5, 5.41) is 0. The summed E-state index contributed by atoms with van der Waals surface area (Å²) in [6, 6.07) is 0. The van der Waals surface area contributed by atoms with Gasteiger partial charge in [0, 0.05) is 45.3 Å². The third-order valence-corrected chi connectivity index (χ3v) is 3.49. The molecule has 0 aromatic carbocycles. The van der Waals surface area contributed by atoms with E-state index in [2.05, 4.69) is 13.1 Å². The van der Waals surface area contributed by atoms with Crippen molar-refractivity contribution in [1.82, 2.24) is 14.7 Å². The van der Waals surface area contributed by atoms with Gasteiger partial charge in [0.05, 0.1) is 5.70 Å². The van der Waals surface area contributed by atoms with Crippen LogP contribution < -0.4 is 0 Å². The summed E-state index contributed by atoms with van der Waals surface area (Å²) < 4.78 is 0. The third kappa shape index (κ3) is 3.32. The number of carbonyl (C=O) groups excluding carboxylic acids is 2. The molecule has 3 saturated heterocycles. The highest BCUT2D eigenvalue weighted by atomic mass is 35.6. The zero-order chi connectivity index (χ0) is 15.1. The molecule has 1 aliphatic carbocycles. The van der Waals surface area contributed by atoms with E-state index in [1.807, 2.05) is 14.7 Å². The normalized spacial score (nSPS) is 23.2. The molecule has 0 amide bonds. The van der Waals surface area contributed by atoms with E-state index in [0.29, 0.717) is 17.1 Å². The Kier molecular flexibility index (Phi) is 3.83. The van der Waals surface area contributed by atoms with Crippen molar-refractivity contribution in [1.29, 1.82) is 0 Å². The molecule has 3 heterocycles. The number of halogens is 1. The first-order chi connectivity index (χ1) is 9.99. The first-order valence-electron chi connectivity index (χ1n) is 7.43. The molecule has 114 valence electrons. The quantitative estimate of drug-likeness (QED) is 0.325. The van der Waals surface area contributed by atoms with E-state index in [9.17, 15) is 9.59 Å². The van der Waals surface area contributed by atoms with Gasteiger partial charge in [0.2, 0.25) is 11.6 Å². The molecule has 0 aromatic rings. The van der Waals surface area contributed by atoms with Gasteiger partial charge in [-0.1, -0.05) is 13.1 Å². The van der Waals surface area contributed by atoms with Crippen molar-refractivity contribution in [2.45, 2.75) is 13.1 Å². The monoisotopic (exact) mass is 325 g/mol. The number of hydrogen-bond donors (Lipinski definition) is 0. The molecular formula is C14H20ClN3O2Si. The topological polar surface area (TPSA) is 43.2 Å². The van der Waals surface area contributed by atoms with Crippen molar-refractivity contribution in [3.63, 3.8) is 0 Å². The van der Waals surface area contributed by atoms with Gasteiger partial charge in [-0.3, -0.25) is 9.59 Å². The van der Waals surface area contributed by atoms with E-state index in [1.165, 1.54) is 6.08 Å². The second-order valence-corrected chi connectivity index (χ2v) is 10.5. The van der Waals surface area contributed by atoms with Gasteiger partial charge in [-0.15, -0.1) is 0 Å². The molecule has 5 nitrogen and oxygen atoms in total. The average Bonchev–Trinajstić information content (AvgIpc) is 3.26. The van der Waals surface area contributed by atoms with Crippen molar-refractivity contribution in [2.75, 3.05) is 39.3 Å². The molecular weight excluding hydrogens is 306 g/mol. The van der Waals surface area contributed by atoms with Gasteiger partial charge < -0.3 is 14.7 Å². The van der Waals surface area contributed by atoms with E-state index in [0.717, 1.165) is 39.3 Å². The Hall–Kier alpha value is -1.27. The van der Waals surface area contributed by atoms with Crippen molar-refractivity contribution < 1.29 is 9.59 Å². The maximum Gasteiger partial charge on any atom is 0.227 e. The van der Waals surface area contributed by atoms with Crippen molar-refractivity contribution in [2.24, 2.45) is 0 Å². The van der Waals surface area contributed by atoms with Gasteiger partial charge in [-0.2, -0.15) is 11.1 Å². The van der Waals surface area contributed by atoms with Gasteiger partial charge in [-0.25, -0.2) is 0 Å². The predicted octanol–water partition coefficient (Wildman–Crippen LogP) is 0.389. The average molecular weight is 326 g/mol. The van der Waals surface area contributed by atoms with Crippen LogP contribution in [-0.2, 0) is 9.59 Å². The lowest BCUT2D eigenvalue weighted by Crippen LogP contribution is -2.29. The number of nitrogens with zero attached hydrogens (tertiary/aromatic N) is 3. The standard InChI is InChI=1S/C12H13N3O2.C2H7ClSi/c16-9-7-8(13-1-2-13)12(17)11(15-5-6-15)10(9)14-3-4-14;1-4(2)3/h7H,1-6H2;4H,1-2H3. The van der Waals surface area contributed by atoms with Crippen LogP contribution in [0.15, 0.2) is 23.2 Å². The molecule has 0 aromatic heterocycles. The third-order valence-electron chi connectivity index (χ3n) is 3.49. The molecule has 4 rings (SSSR count). The Labute approximate surface area is 131 Å². The smallest absolute Gasteiger partial charge is 0.227 e. The van der Waals surface area contributed by atoms with Gasteiger partial charge in [0.25, 0.3) is 0 Å². The van der Waals surface area contributed by atoms with E-state index in [1.54, 1.807) is 0 Å². The van der Waals surface area contributed by atoms with Gasteiger partial charge in [0.15, 0.2) is 0 Å². The number of rotatable bonds is 3. The van der Waals surface area contributed by atoms with Crippen LogP contribution >= 0.6 is 11.1 Å². The molecule has 21 heavy (non-hydrogen) atoms. The Morgan fingerprint density at radius 2 is 1.33 bits per heavy atom. The Morgan fingerprint density at radius 3 is 1.76 bits per heavy atom. The molecule has 0 saturated carbocycles. The largest absolute Gasteiger partial charge is 0.365 e. The number of allylic oxidation sites excluding steroid dienone is 1. The summed E-state index contributed by atoms with van der Waals surface area (Å²) in [5.74, 6) is 0.0485. The molecule has 0 bridgehead atoms. The highest BCUT2D eigenvalue weighted by Gasteiger charge is 2.43. The van der Waals surface area contributed by atoms with Crippen LogP contribution in [0.3, 0.4) is 0 Å². The second-order valence-electron chi connectivity index (χ2n) is 5.90. The fourth-order valence-corrected chi connectivity index (χ4v) is 2.28. The molecule has 4 aliphatic rings. The van der Waals surface area contributed by atoms with Gasteiger partial charge in [-0.05, 0) is 0 Å². The Morgan fingerprint density at radius 1 is 0.905 bits per heavy atom. The molecule has 3 aliphatic heterocycles. The van der Waals surface area contributed by atoms with Crippen LogP contribution in [0.25, 0.3) is 0 Å². The van der Waals surface area contributed by atoms with E-state index in [-0.39, 0.29) is 11.6 Å². The Balaban J connectivity index is 0.000000298. The lowest BCUT2D eigenvalue weighted by atomic mass is 10.0. The fraction of sp³-hybridized carbons (Fsp3) is 0.571. The minimum Gasteiger partial charge on any atom is -0.365 e. The van der Waals surface area contributed by atoms with E-state index in [4.69, 9.17) is 11.1 Å². The molecule has 0 radical (unpaired) electrons. The summed E-state index contributed by atoms with van der Waals surface area (Å²) >= 11 is 5.41. The Bertz CT molecular complexity index is 544. The van der Waals surface area contributed by atoms with E-state index < -0.39 is 8.11 Å². The van der Waals surface area contributed by atoms with Crippen LogP contribution in [-0.4, -0.2) is 73.6 Å². The highest BCUT2D eigenvalue weighted by Crippen LogP contribution is 2.33. The number of hydrogen-bond acceptors (Lipinski definition) is 5. The maximum absolute atomic E-state index is 12.4. The summed E-state index contributed by atoms with van der Waals surface area (Å²) in [7, 11) is -0.667. The van der Waals surface area contributed by atoms with Gasteiger partial charge in [0.1, 0.15) is 19.5 Å². The molecule has 0 N–H and O–H groups in total. The SMILES string of the molecule is C[SiH](C)Cl.O=C1C=C(N2CC2)C(=O)C(N2CC2)=C1N1CC1. The van der Waals surface area contributed by atoms with Crippen molar-refractivity contribution >= 4 is 30.8 Å². The lowest BCUT2D eigenvalue weighted by molar-refractivity contribution is -0.117. The highest BCUT2D eigenvalue weighted by molar-refractivity contribution is 7.05. The first-order valence-corrected chi connectivity index (χ1v) is 11.5. The summed E-state index contributed by atoms with van der Waals surface area (Å²) in [4.78, 5) is 30.5. The zero-order valence-corrected chi connectivity index (χ0v) is 14.3. The summed E-state index contributed by atoms with van der Waals surface area (Å²) in [6.07, 6.45) is 1.52. The minimum absolute atomic E-state index is 0.00546. The first kappa shape index (κ1) is 14.7. The summed E-state index contributed by atoms with van der Waals surface area (Å²) in [5.41, 5.74) is 1.89. The lowest BCUT2D eigenvalue weighted by Gasteiger charge is -2.21. The summed E-state index contributed by atoms with van der Waals surface area (Å²) in [6.45, 7) is 9.55. The number of carbonyl (C=O) groups is 2. The van der Waals surface area contributed by atoms with Crippen LogP contribution in [0.4, 0.5) is 0 Å². The number of ketones is 2. The van der Waals surface area contributed by atoms with Crippen LogP contribution in [0, 0.1) is 0 Å². The van der Waals surface area contributed by atoms with Crippen LogP contribution in [0.1, 0.15) is 0 Å². The minimum atomic E-state index is -0.667. The molecule has 0 spiro atoms. The molecule has 3 fully saturated rings. The molecule has 7 heteroatoms. The van der Waals surface area contributed by atoms with Gasteiger partial charge >= 0.3 is 0 Å². The van der Waals surface area contributed by atoms with Crippen LogP contribution in [0.2, 0.25) is 13.1 Å². The van der Waals surface area contributed by atoms with Crippen molar-refractivity contribution in [3.8, 4) is 0 Å². The predicted molar refractivity (Wildman–Crippen MR) is 84.6 cm³/mol. The maximum atomic E-state index is 12.4. The molecule has 0 atom stereocenters. The number of Topliss-reactive ketones (excluding diaryl/α,β-unsaturated/α-hetero) is 1. The zero-order valence-electron chi connectivity index (χ0n) is 12.4. The molecule has 0 unspecified atom stereocenters. The second kappa shape index (κ2) is 5.49. The van der Waals surface area contributed by atoms with Crippen molar-refractivity contribution in [3.05, 3.63) is 23.2 Å². The van der Waals surface area contributed by atoms with Crippen LogP contribution in [0.5, 0.6) is 0 Å². The van der Waals surface area contributed by atoms with E-state index >= 15 is 0 Å². The fourth-order valence-electron chi connectivity index (χ4n) is 2.28.